The number of piperazine rings is 1. The lowest BCUT2D eigenvalue weighted by Gasteiger charge is -2.49. The highest BCUT2D eigenvalue weighted by Crippen LogP contribution is 2.37. The summed E-state index contributed by atoms with van der Waals surface area (Å²) in [6, 6.07) is 10.8. The van der Waals surface area contributed by atoms with Crippen LogP contribution in [0.5, 0.6) is 0 Å². The number of hydrazine groups is 1. The number of nitriles is 1. The number of amides is 1. The Morgan fingerprint density at radius 2 is 1.70 bits per heavy atom. The average molecular weight is 613 g/mol. The number of carbonyl (C=O) groups is 1. The number of hydrogen-bond acceptors (Lipinski definition) is 9. The molecule has 0 bridgehead atoms. The topological polar surface area (TPSA) is 119 Å². The van der Waals surface area contributed by atoms with Gasteiger partial charge in [-0.05, 0) is 69.9 Å². The number of nitrogens with zero attached hydrogens (tertiary/aromatic N) is 6. The van der Waals surface area contributed by atoms with Crippen LogP contribution in [-0.2, 0) is 10.9 Å². The van der Waals surface area contributed by atoms with E-state index in [2.05, 4.69) is 50.5 Å². The van der Waals surface area contributed by atoms with E-state index in [1.807, 2.05) is 6.92 Å². The molecule has 3 aromatic rings. The van der Waals surface area contributed by atoms with Crippen LogP contribution >= 0.6 is 0 Å². The Balaban J connectivity index is 1.69. The smallest absolute Gasteiger partial charge is 0.426 e. The van der Waals surface area contributed by atoms with Crippen molar-refractivity contribution in [3.63, 3.8) is 0 Å². The van der Waals surface area contributed by atoms with E-state index < -0.39 is 23.4 Å². The molecule has 1 aliphatic rings. The molecule has 0 radical (unpaired) electrons. The van der Waals surface area contributed by atoms with Crippen LogP contribution < -0.4 is 15.8 Å². The van der Waals surface area contributed by atoms with Crippen molar-refractivity contribution in [2.75, 3.05) is 23.4 Å². The van der Waals surface area contributed by atoms with Crippen LogP contribution in [0.3, 0.4) is 0 Å². The van der Waals surface area contributed by atoms with Gasteiger partial charge in [-0.15, -0.1) is 0 Å². The lowest BCUT2D eigenvalue weighted by molar-refractivity contribution is -0.137. The zero-order valence-corrected chi connectivity index (χ0v) is 25.9. The number of halogens is 3. The number of anilines is 2. The third-order valence-electron chi connectivity index (χ3n) is 7.68. The van der Waals surface area contributed by atoms with E-state index >= 15 is 0 Å². The normalized spacial score (nSPS) is 18.5. The number of carbonyl (C=O) groups excluding carboxylic acids is 1. The molecule has 1 amide bonds. The Bertz CT molecular complexity index is 1500. The zero-order chi connectivity index (χ0) is 32.2. The number of pyridine rings is 1. The second-order valence-corrected chi connectivity index (χ2v) is 11.8. The van der Waals surface area contributed by atoms with E-state index in [0.717, 1.165) is 37.0 Å². The van der Waals surface area contributed by atoms with Crippen LogP contribution in [0.15, 0.2) is 36.4 Å². The fourth-order valence-corrected chi connectivity index (χ4v) is 5.61. The maximum absolute atomic E-state index is 13.2. The summed E-state index contributed by atoms with van der Waals surface area (Å²) in [6.45, 7) is 12.7. The number of rotatable bonds is 8. The Morgan fingerprint density at radius 1 is 1.02 bits per heavy atom. The second-order valence-electron chi connectivity index (χ2n) is 11.8. The van der Waals surface area contributed by atoms with Crippen molar-refractivity contribution < 1.29 is 22.7 Å². The monoisotopic (exact) mass is 612 g/mol. The van der Waals surface area contributed by atoms with Crippen molar-refractivity contribution in [3.8, 4) is 6.07 Å². The standard InChI is InChI=1S/C31H39F3N8O2/c1-7-22-18-42(23(8-2)17-41(22)25(9-3)19-10-12-20(13-11-19)31(32,33)34)27-26-24(15-14-21(16-35)36-26)37-28(38-27)39-40-29(43)44-30(4,5)6/h10-15,22-23,25H,7-9,17-18H2,1-6H3,(H,40,43)(H,37,38,39)/t22-,23+,25?/m1/s1. The quantitative estimate of drug-likeness (QED) is 0.271. The van der Waals surface area contributed by atoms with E-state index in [0.29, 0.717) is 29.9 Å². The summed E-state index contributed by atoms with van der Waals surface area (Å²) in [5.41, 5.74) is 5.87. The minimum absolute atomic E-state index is 0.0291. The Labute approximate surface area is 255 Å². The molecule has 0 saturated carbocycles. The van der Waals surface area contributed by atoms with Crippen LogP contribution in [-0.4, -0.2) is 56.7 Å². The third-order valence-corrected chi connectivity index (χ3v) is 7.68. The molecule has 10 nitrogen and oxygen atoms in total. The van der Waals surface area contributed by atoms with Gasteiger partial charge in [0.05, 0.1) is 11.1 Å². The van der Waals surface area contributed by atoms with Crippen molar-refractivity contribution in [1.29, 1.82) is 5.26 Å². The molecule has 2 aromatic heterocycles. The molecule has 1 aliphatic heterocycles. The molecule has 3 heterocycles. The van der Waals surface area contributed by atoms with Crippen LogP contribution in [0.4, 0.5) is 29.7 Å². The molecule has 1 unspecified atom stereocenters. The Morgan fingerprint density at radius 3 is 2.27 bits per heavy atom. The number of fused-ring (bicyclic) bond motifs is 1. The maximum atomic E-state index is 13.2. The largest absolute Gasteiger partial charge is 0.443 e. The highest BCUT2D eigenvalue weighted by atomic mass is 19.4. The van der Waals surface area contributed by atoms with E-state index in [4.69, 9.17) is 9.72 Å². The van der Waals surface area contributed by atoms with Gasteiger partial charge in [0.15, 0.2) is 5.82 Å². The molecule has 1 saturated heterocycles. The molecule has 4 rings (SSSR count). The molecule has 0 spiro atoms. The minimum Gasteiger partial charge on any atom is -0.443 e. The molecule has 1 fully saturated rings. The van der Waals surface area contributed by atoms with Gasteiger partial charge < -0.3 is 9.64 Å². The number of aromatic nitrogens is 3. The fraction of sp³-hybridized carbons (Fsp3) is 0.516. The van der Waals surface area contributed by atoms with Gasteiger partial charge in [0.25, 0.3) is 0 Å². The van der Waals surface area contributed by atoms with Gasteiger partial charge in [0.1, 0.15) is 22.9 Å². The SMILES string of the molecule is CCC(c1ccc(C(F)(F)F)cc1)N1C[C@H](CC)N(c2nc(NNC(=O)OC(C)(C)C)nc3ccc(C#N)nc23)C[C@H]1CC. The van der Waals surface area contributed by atoms with Gasteiger partial charge in [0.2, 0.25) is 5.95 Å². The molecular formula is C31H39F3N8O2. The van der Waals surface area contributed by atoms with Gasteiger partial charge >= 0.3 is 12.3 Å². The van der Waals surface area contributed by atoms with Crippen molar-refractivity contribution in [2.24, 2.45) is 0 Å². The summed E-state index contributed by atoms with van der Waals surface area (Å²) in [5, 5.41) is 9.55. The Hall–Kier alpha value is -4.18. The van der Waals surface area contributed by atoms with Crippen molar-refractivity contribution in [2.45, 2.75) is 90.7 Å². The molecule has 2 N–H and O–H groups in total. The van der Waals surface area contributed by atoms with Crippen molar-refractivity contribution >= 4 is 28.9 Å². The van der Waals surface area contributed by atoms with Gasteiger partial charge in [0, 0.05) is 31.2 Å². The van der Waals surface area contributed by atoms with Crippen molar-refractivity contribution in [1.82, 2.24) is 25.3 Å². The molecule has 0 aliphatic carbocycles. The van der Waals surface area contributed by atoms with E-state index in [9.17, 15) is 23.2 Å². The lowest BCUT2D eigenvalue weighted by atomic mass is 9.94. The third kappa shape index (κ3) is 7.48. The second kappa shape index (κ2) is 13.2. The molecule has 3 atom stereocenters. The van der Waals surface area contributed by atoms with Gasteiger partial charge in [-0.2, -0.15) is 23.4 Å². The van der Waals surface area contributed by atoms with Crippen LogP contribution in [0, 0.1) is 11.3 Å². The highest BCUT2D eigenvalue weighted by Gasteiger charge is 2.38. The first-order valence-corrected chi connectivity index (χ1v) is 14.8. The Kier molecular flexibility index (Phi) is 9.83. The zero-order valence-electron chi connectivity index (χ0n) is 25.9. The highest BCUT2D eigenvalue weighted by molar-refractivity contribution is 5.87. The average Bonchev–Trinajstić information content (AvgIpc) is 2.98. The van der Waals surface area contributed by atoms with Crippen LogP contribution in [0.25, 0.3) is 11.0 Å². The van der Waals surface area contributed by atoms with Gasteiger partial charge in [-0.1, -0.05) is 32.9 Å². The number of ether oxygens (including phenoxy) is 1. The number of hydrogen-bond donors (Lipinski definition) is 2. The molecule has 13 heteroatoms. The summed E-state index contributed by atoms with van der Waals surface area (Å²) in [5.74, 6) is 0.652. The predicted octanol–water partition coefficient (Wildman–Crippen LogP) is 6.60. The van der Waals surface area contributed by atoms with E-state index in [-0.39, 0.29) is 29.8 Å². The maximum Gasteiger partial charge on any atom is 0.426 e. The minimum atomic E-state index is -4.39. The molecule has 236 valence electrons. The summed E-state index contributed by atoms with van der Waals surface area (Å²) in [7, 11) is 0. The van der Waals surface area contributed by atoms with E-state index in [1.54, 1.807) is 45.0 Å². The lowest BCUT2D eigenvalue weighted by Crippen LogP contribution is -2.59. The van der Waals surface area contributed by atoms with Crippen LogP contribution in [0.2, 0.25) is 0 Å². The number of benzene rings is 1. The molecular weight excluding hydrogens is 573 g/mol. The number of nitrogens with one attached hydrogen (secondary N) is 2. The first kappa shape index (κ1) is 32.7. The first-order chi connectivity index (χ1) is 20.8. The molecule has 44 heavy (non-hydrogen) atoms. The fourth-order valence-electron chi connectivity index (χ4n) is 5.61. The number of alkyl halides is 3. The predicted molar refractivity (Wildman–Crippen MR) is 162 cm³/mol. The van der Waals surface area contributed by atoms with Crippen LogP contribution in [0.1, 0.15) is 83.7 Å². The first-order valence-electron chi connectivity index (χ1n) is 14.8. The van der Waals surface area contributed by atoms with Crippen molar-refractivity contribution in [3.05, 3.63) is 53.2 Å². The summed E-state index contributed by atoms with van der Waals surface area (Å²) < 4.78 is 45.0. The summed E-state index contributed by atoms with van der Waals surface area (Å²) >= 11 is 0. The van der Waals surface area contributed by atoms with Gasteiger partial charge in [-0.25, -0.2) is 20.2 Å². The molecule has 1 aromatic carbocycles. The van der Waals surface area contributed by atoms with E-state index in [1.165, 1.54) is 0 Å². The summed E-state index contributed by atoms with van der Waals surface area (Å²) in [6.07, 6.45) is -2.82. The summed E-state index contributed by atoms with van der Waals surface area (Å²) in [4.78, 5) is 30.6. The van der Waals surface area contributed by atoms with Gasteiger partial charge in [-0.3, -0.25) is 10.3 Å².